The van der Waals surface area contributed by atoms with Gasteiger partial charge in [0.05, 0.1) is 12.6 Å². The van der Waals surface area contributed by atoms with Crippen molar-refractivity contribution in [3.8, 4) is 0 Å². The molecule has 0 spiro atoms. The first-order valence-electron chi connectivity index (χ1n) is 7.44. The zero-order valence-corrected chi connectivity index (χ0v) is 16.4. The summed E-state index contributed by atoms with van der Waals surface area (Å²) in [5.41, 5.74) is 0. The Hall–Kier alpha value is 0.664. The van der Waals surface area contributed by atoms with Crippen LogP contribution in [0.1, 0.15) is 40.0 Å². The first-order valence-corrected chi connectivity index (χ1v) is 13.3. The maximum absolute atomic E-state index is 6.12. The van der Waals surface area contributed by atoms with Crippen molar-refractivity contribution in [1.82, 2.24) is 0 Å². The minimum atomic E-state index is -2.67. The van der Waals surface area contributed by atoms with Crippen LogP contribution in [0.4, 0.5) is 0 Å². The normalized spacial score (nSPS) is 14.7. The molecule has 0 radical (unpaired) electrons. The van der Waals surface area contributed by atoms with Crippen LogP contribution >= 0.6 is 12.6 Å². The van der Waals surface area contributed by atoms with Gasteiger partial charge in [-0.25, -0.2) is 0 Å². The zero-order chi connectivity index (χ0) is 14.9. The summed E-state index contributed by atoms with van der Waals surface area (Å²) >= 11 is 4.86. The van der Waals surface area contributed by atoms with Gasteiger partial charge in [0, 0.05) is 19.8 Å². The smallest absolute Gasteiger partial charge is 0.373 e. The molecule has 0 aromatic heterocycles. The number of thiol groups is 1. The second kappa shape index (κ2) is 9.57. The van der Waals surface area contributed by atoms with Gasteiger partial charge in [0.25, 0.3) is 0 Å². The lowest BCUT2D eigenvalue weighted by Gasteiger charge is -2.38. The molecule has 0 saturated heterocycles. The summed E-state index contributed by atoms with van der Waals surface area (Å²) in [6.07, 6.45) is 2.93. The largest absolute Gasteiger partial charge is 0.511 e. The van der Waals surface area contributed by atoms with E-state index in [-0.39, 0.29) is 4.50 Å². The second-order valence-corrected chi connectivity index (χ2v) is 15.9. The van der Waals surface area contributed by atoms with E-state index in [1.54, 1.807) is 0 Å². The first-order chi connectivity index (χ1) is 8.84. The first kappa shape index (κ1) is 19.7. The van der Waals surface area contributed by atoms with Crippen molar-refractivity contribution in [3.05, 3.63) is 0 Å². The Balaban J connectivity index is 5.07. The van der Waals surface area contributed by atoms with Crippen molar-refractivity contribution in [2.75, 3.05) is 19.8 Å². The Kier molecular flexibility index (Phi) is 9.91. The van der Waals surface area contributed by atoms with E-state index >= 15 is 0 Å². The summed E-state index contributed by atoms with van der Waals surface area (Å²) in [6, 6.07) is 0. The van der Waals surface area contributed by atoms with Crippen LogP contribution in [0, 0.1) is 0 Å². The maximum atomic E-state index is 6.12. The molecule has 0 aromatic rings. The monoisotopic (exact) mass is 324 g/mol. The molecule has 0 bridgehead atoms. The van der Waals surface area contributed by atoms with E-state index in [4.69, 9.17) is 25.9 Å². The van der Waals surface area contributed by atoms with Crippen molar-refractivity contribution >= 4 is 29.5 Å². The highest BCUT2D eigenvalue weighted by molar-refractivity contribution is 7.85. The van der Waals surface area contributed by atoms with Crippen LogP contribution in [0.15, 0.2) is 0 Å². The fourth-order valence-electron chi connectivity index (χ4n) is 1.63. The average molecular weight is 325 g/mol. The minimum absolute atomic E-state index is 0.129. The molecule has 0 aromatic carbocycles. The molecule has 6 heteroatoms. The second-order valence-electron chi connectivity index (χ2n) is 5.92. The van der Waals surface area contributed by atoms with E-state index in [0.717, 1.165) is 19.3 Å². The molecule has 0 amide bonds. The van der Waals surface area contributed by atoms with E-state index in [0.29, 0.717) is 19.8 Å². The summed E-state index contributed by atoms with van der Waals surface area (Å²) < 4.78 is 18.5. The van der Waals surface area contributed by atoms with Gasteiger partial charge in [-0.2, -0.15) is 12.6 Å². The number of hydrogen-bond acceptors (Lipinski definition) is 4. The molecule has 19 heavy (non-hydrogen) atoms. The van der Waals surface area contributed by atoms with Gasteiger partial charge in [-0.05, 0) is 19.3 Å². The molecule has 0 aliphatic rings. The molecule has 0 fully saturated rings. The third kappa shape index (κ3) is 6.77. The highest BCUT2D eigenvalue weighted by atomic mass is 32.1. The molecule has 0 rings (SSSR count). The van der Waals surface area contributed by atoms with E-state index in [1.165, 1.54) is 0 Å². The van der Waals surface area contributed by atoms with Gasteiger partial charge >= 0.3 is 8.80 Å². The lowest BCUT2D eigenvalue weighted by Crippen LogP contribution is -2.62. The predicted octanol–water partition coefficient (Wildman–Crippen LogP) is 3.92. The van der Waals surface area contributed by atoms with Gasteiger partial charge in [-0.1, -0.05) is 40.4 Å². The van der Waals surface area contributed by atoms with E-state index < -0.39 is 16.9 Å². The molecule has 0 aliphatic carbocycles. The van der Waals surface area contributed by atoms with Crippen LogP contribution < -0.4 is 0 Å². The fraction of sp³-hybridized carbons (Fsp3) is 1.00. The number of hydrogen-bond donors (Lipinski definition) is 1. The van der Waals surface area contributed by atoms with Crippen LogP contribution in [0.25, 0.3) is 0 Å². The molecule has 0 N–H and O–H groups in total. The third-order valence-electron chi connectivity index (χ3n) is 2.68. The van der Waals surface area contributed by atoms with Crippen molar-refractivity contribution in [3.63, 3.8) is 0 Å². The topological polar surface area (TPSA) is 27.7 Å². The Morgan fingerprint density at radius 3 is 1.32 bits per heavy atom. The lowest BCUT2D eigenvalue weighted by atomic mass is 10.5. The molecular formula is C13H32O3SSi2. The standard InChI is InChI=1S/C13H32O3SSi2/c1-7-10-14-19(15-11-8-2,16-12-9-3)13(17)18(4,5)6/h13,17H,7-12H2,1-6H3/t13-/m0/s1. The highest BCUT2D eigenvalue weighted by Gasteiger charge is 2.53. The van der Waals surface area contributed by atoms with Crippen molar-refractivity contribution in [1.29, 1.82) is 0 Å². The molecule has 116 valence electrons. The van der Waals surface area contributed by atoms with E-state index in [2.05, 4.69) is 40.4 Å². The predicted molar refractivity (Wildman–Crippen MR) is 90.6 cm³/mol. The molecule has 3 nitrogen and oxygen atoms in total. The summed E-state index contributed by atoms with van der Waals surface area (Å²) in [5, 5.41) is 0. The van der Waals surface area contributed by atoms with Crippen molar-refractivity contribution in [2.45, 2.75) is 64.2 Å². The molecule has 0 saturated carbocycles. The van der Waals surface area contributed by atoms with Crippen molar-refractivity contribution < 1.29 is 13.3 Å². The van der Waals surface area contributed by atoms with Crippen LogP contribution in [0.3, 0.4) is 0 Å². The molecule has 1 atom stereocenters. The Bertz CT molecular complexity index is 213. The zero-order valence-electron chi connectivity index (χ0n) is 13.5. The van der Waals surface area contributed by atoms with Crippen LogP contribution in [-0.2, 0) is 13.3 Å². The number of rotatable bonds is 11. The Labute approximate surface area is 127 Å². The van der Waals surface area contributed by atoms with Gasteiger partial charge < -0.3 is 13.3 Å². The SMILES string of the molecule is CCCO[Si](OCCC)(OCCC)[C@@H](S)[Si](C)(C)C. The molecule has 0 heterocycles. The molecule has 0 aliphatic heterocycles. The quantitative estimate of drug-likeness (QED) is 0.461. The van der Waals surface area contributed by atoms with Crippen LogP contribution in [0.2, 0.25) is 19.6 Å². The van der Waals surface area contributed by atoms with Gasteiger partial charge in [0.2, 0.25) is 0 Å². The van der Waals surface area contributed by atoms with E-state index in [1.807, 2.05) is 0 Å². The lowest BCUT2D eigenvalue weighted by molar-refractivity contribution is 0.0619. The minimum Gasteiger partial charge on any atom is -0.373 e. The van der Waals surface area contributed by atoms with E-state index in [9.17, 15) is 0 Å². The Morgan fingerprint density at radius 2 is 1.11 bits per heavy atom. The van der Waals surface area contributed by atoms with Crippen LogP contribution in [0.5, 0.6) is 0 Å². The van der Waals surface area contributed by atoms with Gasteiger partial charge in [-0.15, -0.1) is 0 Å². The highest BCUT2D eigenvalue weighted by Crippen LogP contribution is 2.28. The average Bonchev–Trinajstić information content (AvgIpc) is 2.36. The Morgan fingerprint density at radius 1 is 0.789 bits per heavy atom. The van der Waals surface area contributed by atoms with Gasteiger partial charge in [0.15, 0.2) is 0 Å². The van der Waals surface area contributed by atoms with Crippen LogP contribution in [-0.4, -0.2) is 41.2 Å². The third-order valence-corrected chi connectivity index (χ3v) is 13.7. The summed E-state index contributed by atoms with van der Waals surface area (Å²) in [4.78, 5) is 0. The molecular weight excluding hydrogens is 292 g/mol. The summed E-state index contributed by atoms with van der Waals surface area (Å²) in [5.74, 6) is 0. The summed E-state index contributed by atoms with van der Waals surface area (Å²) in [6.45, 7) is 15.3. The fourth-order valence-corrected chi connectivity index (χ4v) is 9.48. The van der Waals surface area contributed by atoms with Gasteiger partial charge in [-0.3, -0.25) is 0 Å². The maximum Gasteiger partial charge on any atom is 0.511 e. The molecule has 0 unspecified atom stereocenters. The summed E-state index contributed by atoms with van der Waals surface area (Å²) in [7, 11) is -4.17. The van der Waals surface area contributed by atoms with Gasteiger partial charge in [0.1, 0.15) is 0 Å². The van der Waals surface area contributed by atoms with Crippen molar-refractivity contribution in [2.24, 2.45) is 0 Å².